The number of likely N-dealkylation sites (tertiary alicyclic amines) is 1. The largest absolute Gasteiger partial charge is 0.335 e. The summed E-state index contributed by atoms with van der Waals surface area (Å²) < 4.78 is 0. The van der Waals surface area contributed by atoms with E-state index in [9.17, 15) is 9.59 Å². The monoisotopic (exact) mass is 336 g/mol. The fourth-order valence-electron chi connectivity index (χ4n) is 3.31. The summed E-state index contributed by atoms with van der Waals surface area (Å²) in [5.74, 6) is -0.241. The maximum atomic E-state index is 12.8. The molecule has 0 bridgehead atoms. The summed E-state index contributed by atoms with van der Waals surface area (Å²) in [4.78, 5) is 26.2. The summed E-state index contributed by atoms with van der Waals surface area (Å²) in [6.45, 7) is 0.753. The van der Waals surface area contributed by atoms with Gasteiger partial charge in [-0.3, -0.25) is 14.8 Å². The number of carbonyl (C=O) groups excluding carboxylic acids is 2. The second-order valence-corrected chi connectivity index (χ2v) is 6.95. The Labute approximate surface area is 140 Å². The van der Waals surface area contributed by atoms with Gasteiger partial charge in [0.2, 0.25) is 11.8 Å². The second-order valence-electron chi connectivity index (χ2n) is 6.51. The van der Waals surface area contributed by atoms with E-state index >= 15 is 0 Å². The summed E-state index contributed by atoms with van der Waals surface area (Å²) in [5, 5.41) is 9.37. The van der Waals surface area contributed by atoms with E-state index in [1.807, 2.05) is 29.2 Å². The summed E-state index contributed by atoms with van der Waals surface area (Å²) in [6, 6.07) is 7.69. The molecule has 1 heterocycles. The van der Waals surface area contributed by atoms with Gasteiger partial charge >= 0.3 is 0 Å². The van der Waals surface area contributed by atoms with Gasteiger partial charge in [0.25, 0.3) is 0 Å². The number of halogens is 1. The fourth-order valence-corrected chi connectivity index (χ4v) is 3.44. The molecule has 6 heteroatoms. The molecule has 2 fully saturated rings. The van der Waals surface area contributed by atoms with Crippen molar-refractivity contribution in [2.45, 2.75) is 38.1 Å². The fraction of sp³-hybridized carbons (Fsp3) is 0.529. The number of amides is 2. The van der Waals surface area contributed by atoms with E-state index in [-0.39, 0.29) is 24.3 Å². The molecule has 1 aliphatic carbocycles. The molecule has 1 aromatic rings. The van der Waals surface area contributed by atoms with Gasteiger partial charge in [-0.1, -0.05) is 23.7 Å². The Kier molecular flexibility index (Phi) is 4.87. The number of nitrogens with one attached hydrogen (secondary N) is 1. The lowest BCUT2D eigenvalue weighted by atomic mass is 9.86. The zero-order valence-corrected chi connectivity index (χ0v) is 13.6. The van der Waals surface area contributed by atoms with Gasteiger partial charge in [0.1, 0.15) is 0 Å². The smallest absolute Gasteiger partial charge is 0.244 e. The minimum Gasteiger partial charge on any atom is -0.335 e. The Morgan fingerprint density at radius 2 is 1.91 bits per heavy atom. The van der Waals surface area contributed by atoms with Crippen molar-refractivity contribution in [1.82, 2.24) is 10.4 Å². The molecule has 0 spiro atoms. The standard InChI is InChI=1S/C17H21ClN2O3/c18-14-6-3-12(4-7-14)15-8-5-13(9-16(21)19-23)17(22)20(15)10-11-1-2-11/h3-4,6-7,11,13,15,23H,1-2,5,8-10H2,(H,19,21). The highest BCUT2D eigenvalue weighted by Crippen LogP contribution is 2.39. The van der Waals surface area contributed by atoms with Gasteiger partial charge < -0.3 is 4.90 Å². The minimum atomic E-state index is -0.500. The van der Waals surface area contributed by atoms with Gasteiger partial charge in [0.05, 0.1) is 6.04 Å². The topological polar surface area (TPSA) is 69.6 Å². The third-order valence-electron chi connectivity index (χ3n) is 4.76. The van der Waals surface area contributed by atoms with Crippen LogP contribution in [0.3, 0.4) is 0 Å². The van der Waals surface area contributed by atoms with Crippen LogP contribution in [-0.4, -0.2) is 28.5 Å². The molecule has 23 heavy (non-hydrogen) atoms. The predicted octanol–water partition coefficient (Wildman–Crippen LogP) is 2.93. The van der Waals surface area contributed by atoms with Crippen LogP contribution < -0.4 is 5.48 Å². The molecule has 2 N–H and O–H groups in total. The highest BCUT2D eigenvalue weighted by atomic mass is 35.5. The van der Waals surface area contributed by atoms with Crippen LogP contribution in [0.2, 0.25) is 5.02 Å². The lowest BCUT2D eigenvalue weighted by Gasteiger charge is -2.39. The normalized spacial score (nSPS) is 24.6. The van der Waals surface area contributed by atoms with Crippen LogP contribution in [0.4, 0.5) is 0 Å². The molecule has 124 valence electrons. The average Bonchev–Trinajstić information content (AvgIpc) is 3.36. The zero-order chi connectivity index (χ0) is 16.4. The lowest BCUT2D eigenvalue weighted by Crippen LogP contribution is -2.45. The van der Waals surface area contributed by atoms with Gasteiger partial charge in [-0.05, 0) is 49.3 Å². The third kappa shape index (κ3) is 3.85. The molecule has 0 aromatic heterocycles. The van der Waals surface area contributed by atoms with Crippen molar-refractivity contribution in [3.63, 3.8) is 0 Å². The van der Waals surface area contributed by atoms with E-state index in [1.165, 1.54) is 12.8 Å². The van der Waals surface area contributed by atoms with E-state index in [0.29, 0.717) is 17.4 Å². The molecule has 2 amide bonds. The van der Waals surface area contributed by atoms with Crippen LogP contribution in [0, 0.1) is 11.8 Å². The quantitative estimate of drug-likeness (QED) is 0.641. The van der Waals surface area contributed by atoms with Gasteiger partial charge in [-0.2, -0.15) is 0 Å². The Balaban J connectivity index is 1.78. The first kappa shape index (κ1) is 16.3. The number of hydroxylamine groups is 1. The Morgan fingerprint density at radius 3 is 2.52 bits per heavy atom. The molecule has 2 unspecified atom stereocenters. The van der Waals surface area contributed by atoms with Gasteiger partial charge in [-0.25, -0.2) is 5.48 Å². The first-order valence-electron chi connectivity index (χ1n) is 8.07. The highest BCUT2D eigenvalue weighted by Gasteiger charge is 2.39. The van der Waals surface area contributed by atoms with Crippen LogP contribution >= 0.6 is 11.6 Å². The second kappa shape index (κ2) is 6.89. The molecule has 5 nitrogen and oxygen atoms in total. The number of rotatable bonds is 5. The zero-order valence-electron chi connectivity index (χ0n) is 12.9. The summed E-state index contributed by atoms with van der Waals surface area (Å²) in [7, 11) is 0. The summed E-state index contributed by atoms with van der Waals surface area (Å²) >= 11 is 5.96. The number of nitrogens with zero attached hydrogens (tertiary/aromatic N) is 1. The number of hydrogen-bond donors (Lipinski definition) is 2. The molecule has 2 atom stereocenters. The van der Waals surface area contributed by atoms with Crippen molar-refractivity contribution in [2.24, 2.45) is 11.8 Å². The van der Waals surface area contributed by atoms with Gasteiger partial charge in [0, 0.05) is 23.9 Å². The first-order valence-corrected chi connectivity index (χ1v) is 8.45. The van der Waals surface area contributed by atoms with E-state index < -0.39 is 5.91 Å². The molecule has 1 saturated carbocycles. The predicted molar refractivity (Wildman–Crippen MR) is 85.9 cm³/mol. The van der Waals surface area contributed by atoms with Crippen molar-refractivity contribution >= 4 is 23.4 Å². The molecule has 2 aliphatic rings. The van der Waals surface area contributed by atoms with Crippen LogP contribution in [0.25, 0.3) is 0 Å². The molecule has 0 radical (unpaired) electrons. The van der Waals surface area contributed by atoms with Crippen molar-refractivity contribution in [1.29, 1.82) is 0 Å². The molecular weight excluding hydrogens is 316 g/mol. The Morgan fingerprint density at radius 1 is 1.22 bits per heavy atom. The van der Waals surface area contributed by atoms with Crippen LogP contribution in [0.1, 0.15) is 43.7 Å². The van der Waals surface area contributed by atoms with E-state index in [1.54, 1.807) is 5.48 Å². The maximum Gasteiger partial charge on any atom is 0.244 e. The molecular formula is C17H21ClN2O3. The van der Waals surface area contributed by atoms with Crippen LogP contribution in [-0.2, 0) is 9.59 Å². The van der Waals surface area contributed by atoms with Gasteiger partial charge in [0.15, 0.2) is 0 Å². The molecule has 1 aliphatic heterocycles. The highest BCUT2D eigenvalue weighted by molar-refractivity contribution is 6.30. The summed E-state index contributed by atoms with van der Waals surface area (Å²) in [5.41, 5.74) is 2.72. The van der Waals surface area contributed by atoms with Crippen molar-refractivity contribution in [2.75, 3.05) is 6.54 Å². The third-order valence-corrected chi connectivity index (χ3v) is 5.01. The Bertz CT molecular complexity index is 586. The molecule has 1 aromatic carbocycles. The van der Waals surface area contributed by atoms with Crippen LogP contribution in [0.15, 0.2) is 24.3 Å². The number of carbonyl (C=O) groups is 2. The number of benzene rings is 1. The van der Waals surface area contributed by atoms with Crippen molar-refractivity contribution in [3.8, 4) is 0 Å². The number of hydrogen-bond acceptors (Lipinski definition) is 3. The number of piperidine rings is 1. The SMILES string of the molecule is O=C(CC1CCC(c2ccc(Cl)cc2)N(CC2CC2)C1=O)NO. The van der Waals surface area contributed by atoms with Crippen molar-refractivity contribution in [3.05, 3.63) is 34.9 Å². The van der Waals surface area contributed by atoms with Crippen molar-refractivity contribution < 1.29 is 14.8 Å². The lowest BCUT2D eigenvalue weighted by molar-refractivity contribution is -0.146. The minimum absolute atomic E-state index is 0.0201. The molecule has 1 saturated heterocycles. The van der Waals surface area contributed by atoms with Gasteiger partial charge in [-0.15, -0.1) is 0 Å². The summed E-state index contributed by atoms with van der Waals surface area (Å²) in [6.07, 6.45) is 3.85. The first-order chi connectivity index (χ1) is 11.1. The average molecular weight is 337 g/mol. The molecule has 3 rings (SSSR count). The van der Waals surface area contributed by atoms with E-state index in [2.05, 4.69) is 0 Å². The van der Waals surface area contributed by atoms with E-state index in [4.69, 9.17) is 16.8 Å². The maximum absolute atomic E-state index is 12.8. The van der Waals surface area contributed by atoms with E-state index in [0.717, 1.165) is 18.5 Å². The van der Waals surface area contributed by atoms with Crippen LogP contribution in [0.5, 0.6) is 0 Å². The Hall–Kier alpha value is -1.59.